The van der Waals surface area contributed by atoms with Crippen LogP contribution in [0.3, 0.4) is 0 Å². The number of halogens is 1. The first-order valence-electron chi connectivity index (χ1n) is 7.17. The number of nitrogens with zero attached hydrogens (tertiary/aromatic N) is 2. The van der Waals surface area contributed by atoms with Crippen molar-refractivity contribution in [3.8, 4) is 0 Å². The molecule has 0 atom stereocenters. The van der Waals surface area contributed by atoms with Crippen LogP contribution in [0.1, 0.15) is 26.3 Å². The molecule has 2 aromatic rings. The molecule has 1 heterocycles. The van der Waals surface area contributed by atoms with Crippen LogP contribution in [0, 0.1) is 12.7 Å². The molecule has 9 heteroatoms. The molecule has 2 rings (SSSR count). The minimum atomic E-state index is -0.912. The summed E-state index contributed by atoms with van der Waals surface area (Å²) >= 11 is 0. The number of hydrogen-bond donors (Lipinski definition) is 1. The van der Waals surface area contributed by atoms with Crippen LogP contribution in [0.15, 0.2) is 27.8 Å². The van der Waals surface area contributed by atoms with Gasteiger partial charge in [0.25, 0.3) is 5.56 Å². The summed E-state index contributed by atoms with van der Waals surface area (Å²) in [6.07, 6.45) is 0. The first kappa shape index (κ1) is 18.1. The summed E-state index contributed by atoms with van der Waals surface area (Å²) in [5, 5.41) is 0. The normalized spacial score (nSPS) is 10.6. The highest BCUT2D eigenvalue weighted by atomic mass is 19.1. The monoisotopic (exact) mass is 349 g/mol. The van der Waals surface area contributed by atoms with Gasteiger partial charge in [0.1, 0.15) is 17.2 Å². The molecule has 8 nitrogen and oxygen atoms in total. The molecule has 25 heavy (non-hydrogen) atoms. The minimum Gasteiger partial charge on any atom is -0.454 e. The van der Waals surface area contributed by atoms with E-state index in [-0.39, 0.29) is 11.4 Å². The van der Waals surface area contributed by atoms with Crippen molar-refractivity contribution in [1.82, 2.24) is 9.13 Å². The Morgan fingerprint density at radius 2 is 1.84 bits per heavy atom. The van der Waals surface area contributed by atoms with Crippen LogP contribution in [0.4, 0.5) is 10.2 Å². The van der Waals surface area contributed by atoms with E-state index in [0.717, 1.165) is 15.2 Å². The van der Waals surface area contributed by atoms with Crippen molar-refractivity contribution in [2.45, 2.75) is 6.92 Å². The molecule has 0 aliphatic heterocycles. The molecule has 0 amide bonds. The number of ketones is 1. The summed E-state index contributed by atoms with van der Waals surface area (Å²) in [6.45, 7) is 0.811. The zero-order valence-electron chi connectivity index (χ0n) is 13.8. The first-order valence-corrected chi connectivity index (χ1v) is 7.17. The summed E-state index contributed by atoms with van der Waals surface area (Å²) < 4.78 is 19.8. The summed E-state index contributed by atoms with van der Waals surface area (Å²) in [5.74, 6) is -2.72. The van der Waals surface area contributed by atoms with E-state index in [9.17, 15) is 23.6 Å². The largest absolute Gasteiger partial charge is 0.454 e. The number of ether oxygens (including phenoxy) is 1. The highest BCUT2D eigenvalue weighted by molar-refractivity contribution is 6.02. The average molecular weight is 349 g/mol. The Hall–Kier alpha value is -3.23. The molecule has 0 spiro atoms. The predicted octanol–water partition coefficient (Wildman–Crippen LogP) is 0.153. The van der Waals surface area contributed by atoms with E-state index in [2.05, 4.69) is 0 Å². The number of aromatic nitrogens is 2. The molecule has 0 bridgehead atoms. The van der Waals surface area contributed by atoms with Gasteiger partial charge in [0.05, 0.1) is 5.56 Å². The average Bonchev–Trinajstić information content (AvgIpc) is 2.58. The summed E-state index contributed by atoms with van der Waals surface area (Å²) in [7, 11) is 2.50. The van der Waals surface area contributed by atoms with Crippen LogP contribution in [-0.2, 0) is 18.8 Å². The van der Waals surface area contributed by atoms with E-state index in [1.165, 1.54) is 26.2 Å². The fourth-order valence-corrected chi connectivity index (χ4v) is 2.22. The number of anilines is 1. The van der Waals surface area contributed by atoms with Crippen LogP contribution < -0.4 is 17.0 Å². The van der Waals surface area contributed by atoms with Crippen molar-refractivity contribution in [2.75, 3.05) is 12.3 Å². The number of nitrogen functional groups attached to an aromatic ring is 1. The van der Waals surface area contributed by atoms with Crippen LogP contribution >= 0.6 is 0 Å². The molecule has 1 aromatic heterocycles. The third-order valence-electron chi connectivity index (χ3n) is 3.74. The van der Waals surface area contributed by atoms with Crippen molar-refractivity contribution in [2.24, 2.45) is 14.1 Å². The molecule has 0 saturated heterocycles. The van der Waals surface area contributed by atoms with Crippen molar-refractivity contribution in [1.29, 1.82) is 0 Å². The standard InChI is InChI=1S/C16H16FN3O5/c1-8-4-5-9(17)6-10(8)15(23)25-7-11(21)12-13(18)19(2)16(24)20(3)14(12)22/h4-6H,7,18H2,1-3H3. The predicted molar refractivity (Wildman–Crippen MR) is 87.1 cm³/mol. The highest BCUT2D eigenvalue weighted by Crippen LogP contribution is 2.12. The SMILES string of the molecule is Cc1ccc(F)cc1C(=O)OCC(=O)c1c(N)n(C)c(=O)n(C)c1=O. The lowest BCUT2D eigenvalue weighted by Gasteiger charge is -2.11. The van der Waals surface area contributed by atoms with Gasteiger partial charge in [0, 0.05) is 14.1 Å². The molecule has 0 fully saturated rings. The Bertz CT molecular complexity index is 990. The van der Waals surface area contributed by atoms with Gasteiger partial charge in [0.2, 0.25) is 5.78 Å². The molecule has 2 N–H and O–H groups in total. The molecule has 0 saturated carbocycles. The fourth-order valence-electron chi connectivity index (χ4n) is 2.22. The van der Waals surface area contributed by atoms with Crippen LogP contribution in [-0.4, -0.2) is 27.5 Å². The lowest BCUT2D eigenvalue weighted by molar-refractivity contribution is 0.0473. The van der Waals surface area contributed by atoms with E-state index >= 15 is 0 Å². The highest BCUT2D eigenvalue weighted by Gasteiger charge is 2.22. The third-order valence-corrected chi connectivity index (χ3v) is 3.74. The van der Waals surface area contributed by atoms with Gasteiger partial charge < -0.3 is 10.5 Å². The summed E-state index contributed by atoms with van der Waals surface area (Å²) in [4.78, 5) is 48.0. The number of aryl methyl sites for hydroxylation is 1. The van der Waals surface area contributed by atoms with Crippen LogP contribution in [0.2, 0.25) is 0 Å². The maximum Gasteiger partial charge on any atom is 0.338 e. The van der Waals surface area contributed by atoms with Crippen molar-refractivity contribution < 1.29 is 18.7 Å². The third kappa shape index (κ3) is 3.35. The summed E-state index contributed by atoms with van der Waals surface area (Å²) in [6, 6.07) is 3.57. The van der Waals surface area contributed by atoms with Crippen molar-refractivity contribution in [3.05, 3.63) is 61.5 Å². The number of benzene rings is 1. The van der Waals surface area contributed by atoms with E-state index in [1.807, 2.05) is 0 Å². The van der Waals surface area contributed by atoms with Crippen molar-refractivity contribution >= 4 is 17.6 Å². The summed E-state index contributed by atoms with van der Waals surface area (Å²) in [5.41, 5.74) is 4.07. The lowest BCUT2D eigenvalue weighted by atomic mass is 10.1. The van der Waals surface area contributed by atoms with Crippen LogP contribution in [0.5, 0.6) is 0 Å². The smallest absolute Gasteiger partial charge is 0.338 e. The van der Waals surface area contributed by atoms with Crippen molar-refractivity contribution in [3.63, 3.8) is 0 Å². The number of rotatable bonds is 4. The zero-order valence-corrected chi connectivity index (χ0v) is 13.8. The Labute approximate surface area is 141 Å². The lowest BCUT2D eigenvalue weighted by Crippen LogP contribution is -2.42. The molecule has 0 radical (unpaired) electrons. The Balaban J connectivity index is 2.27. The number of esters is 1. The number of hydrogen-bond acceptors (Lipinski definition) is 6. The van der Waals surface area contributed by atoms with E-state index in [0.29, 0.717) is 5.56 Å². The molecule has 0 aliphatic carbocycles. The fraction of sp³-hybridized carbons (Fsp3) is 0.250. The molecular weight excluding hydrogens is 333 g/mol. The second-order valence-corrected chi connectivity index (χ2v) is 5.42. The number of carbonyl (C=O) groups is 2. The van der Waals surface area contributed by atoms with Gasteiger partial charge in [-0.3, -0.25) is 18.7 Å². The quantitative estimate of drug-likeness (QED) is 0.621. The van der Waals surface area contributed by atoms with Crippen LogP contribution in [0.25, 0.3) is 0 Å². The number of Topliss-reactive ketones (excluding diaryl/α,β-unsaturated/α-hetero) is 1. The van der Waals surface area contributed by atoms with E-state index < -0.39 is 41.0 Å². The van der Waals surface area contributed by atoms with Gasteiger partial charge in [-0.1, -0.05) is 6.07 Å². The van der Waals surface area contributed by atoms with Gasteiger partial charge in [-0.25, -0.2) is 14.0 Å². The number of nitrogens with two attached hydrogens (primary N) is 1. The molecular formula is C16H16FN3O5. The van der Waals surface area contributed by atoms with Gasteiger partial charge in [0.15, 0.2) is 6.61 Å². The van der Waals surface area contributed by atoms with Gasteiger partial charge in [-0.2, -0.15) is 0 Å². The topological polar surface area (TPSA) is 113 Å². The molecule has 1 aromatic carbocycles. The Morgan fingerprint density at radius 3 is 2.48 bits per heavy atom. The number of carbonyl (C=O) groups excluding carboxylic acids is 2. The Kier molecular flexibility index (Phi) is 4.87. The van der Waals surface area contributed by atoms with Gasteiger partial charge >= 0.3 is 11.7 Å². The van der Waals surface area contributed by atoms with E-state index in [4.69, 9.17) is 10.5 Å². The van der Waals surface area contributed by atoms with Gasteiger partial charge in [-0.15, -0.1) is 0 Å². The zero-order chi connectivity index (χ0) is 18.9. The van der Waals surface area contributed by atoms with Gasteiger partial charge in [-0.05, 0) is 24.6 Å². The second-order valence-electron chi connectivity index (χ2n) is 5.42. The molecule has 0 unspecified atom stereocenters. The first-order chi connectivity index (χ1) is 11.6. The maximum absolute atomic E-state index is 13.2. The Morgan fingerprint density at radius 1 is 1.20 bits per heavy atom. The maximum atomic E-state index is 13.2. The molecule has 132 valence electrons. The minimum absolute atomic E-state index is 0.0332. The van der Waals surface area contributed by atoms with E-state index in [1.54, 1.807) is 6.92 Å². The molecule has 0 aliphatic rings. The second kappa shape index (κ2) is 6.71.